The molecule has 2 fully saturated rings. The maximum atomic E-state index is 13.9. The van der Waals surface area contributed by atoms with Gasteiger partial charge in [0.1, 0.15) is 30.8 Å². The fourth-order valence-electron chi connectivity index (χ4n) is 6.52. The van der Waals surface area contributed by atoms with Crippen molar-refractivity contribution >= 4 is 47.3 Å². The number of azo groups is 1. The topological polar surface area (TPSA) is 327 Å². The second kappa shape index (κ2) is 23.8. The van der Waals surface area contributed by atoms with Crippen molar-refractivity contribution in [2.75, 3.05) is 26.2 Å². The molecule has 20 heteroatoms. The smallest absolute Gasteiger partial charge is 0.410 e. The van der Waals surface area contributed by atoms with Gasteiger partial charge >= 0.3 is 12.1 Å². The summed E-state index contributed by atoms with van der Waals surface area (Å²) in [5.74, 6) is -3.78. The van der Waals surface area contributed by atoms with Gasteiger partial charge in [-0.25, -0.2) is 9.59 Å². The van der Waals surface area contributed by atoms with Gasteiger partial charge in [-0.1, -0.05) is 62.4 Å². The molecule has 0 bridgehead atoms. The molecule has 5 amide bonds. The van der Waals surface area contributed by atoms with E-state index in [4.69, 9.17) is 16.2 Å². The zero-order valence-electron chi connectivity index (χ0n) is 32.7. The van der Waals surface area contributed by atoms with Gasteiger partial charge in [0.25, 0.3) is 0 Å². The van der Waals surface area contributed by atoms with E-state index in [2.05, 4.69) is 31.2 Å². The zero-order valence-corrected chi connectivity index (χ0v) is 32.7. The van der Waals surface area contributed by atoms with E-state index in [9.17, 15) is 33.9 Å². The number of likely N-dealkylation sites (tertiary alicyclic amines) is 2. The van der Waals surface area contributed by atoms with Crippen LogP contribution in [0.4, 0.5) is 10.5 Å². The third kappa shape index (κ3) is 14.7. The van der Waals surface area contributed by atoms with Crippen molar-refractivity contribution in [3.63, 3.8) is 0 Å². The first-order valence-electron chi connectivity index (χ1n) is 18.7. The number of guanidine groups is 1. The first-order chi connectivity index (χ1) is 26.8. The zero-order chi connectivity index (χ0) is 40.6. The van der Waals surface area contributed by atoms with E-state index in [0.29, 0.717) is 24.9 Å². The predicted molar refractivity (Wildman–Crippen MR) is 212 cm³/mol. The number of carbonyl (C=O) groups is 6. The van der Waals surface area contributed by atoms with Crippen molar-refractivity contribution in [3.8, 4) is 0 Å². The van der Waals surface area contributed by atoms with E-state index >= 15 is 0 Å². The fraction of sp³-hybridized carbons (Fsp3) is 0.500. The van der Waals surface area contributed by atoms with Crippen LogP contribution in [0.1, 0.15) is 57.9 Å². The molecule has 20 nitrogen and oxygen atoms in total. The Bertz CT molecular complexity index is 1730. The predicted octanol–water partition coefficient (Wildman–Crippen LogP) is 0.162. The number of aliphatic imine (C=N–C) groups is 1. The lowest BCUT2D eigenvalue weighted by molar-refractivity contribution is -0.144. The number of carboxylic acid groups (broad SMARTS) is 1. The van der Waals surface area contributed by atoms with Crippen LogP contribution in [0.5, 0.6) is 0 Å². The summed E-state index contributed by atoms with van der Waals surface area (Å²) in [6.07, 6.45) is 0.839. The minimum absolute atomic E-state index is 0. The average Bonchev–Trinajstić information content (AvgIpc) is 3.85. The Morgan fingerprint density at radius 2 is 1.53 bits per heavy atom. The fourth-order valence-corrected chi connectivity index (χ4v) is 6.52. The lowest BCUT2D eigenvalue weighted by Gasteiger charge is -2.27. The summed E-state index contributed by atoms with van der Waals surface area (Å²) in [5.41, 5.74) is 12.0. The van der Waals surface area contributed by atoms with Gasteiger partial charge in [-0.15, -0.1) is 0 Å². The van der Waals surface area contributed by atoms with E-state index in [-0.39, 0.29) is 68.3 Å². The number of rotatable bonds is 18. The first kappa shape index (κ1) is 48.0. The summed E-state index contributed by atoms with van der Waals surface area (Å²) >= 11 is 0. The van der Waals surface area contributed by atoms with Crippen molar-refractivity contribution < 1.29 is 49.6 Å². The summed E-state index contributed by atoms with van der Waals surface area (Å²) < 4.78 is 5.56. The summed E-state index contributed by atoms with van der Waals surface area (Å²) in [5, 5.41) is 26.2. The number of nitrogens with one attached hydrogen (secondary N) is 3. The lowest BCUT2D eigenvalue weighted by Crippen LogP contribution is -2.55. The monoisotopic (exact) mass is 812 g/mol. The molecule has 2 aromatic rings. The van der Waals surface area contributed by atoms with Crippen LogP contribution in [-0.2, 0) is 35.3 Å². The molecule has 12 N–H and O–H groups in total. The third-order valence-electron chi connectivity index (χ3n) is 9.30. The SMILES string of the molecule is CC(C)C[C@H](NC(=O)[C@@H]1CC(N=Nc2ccccc2)CN1C(=O)OCc1ccccc1)C(=O)NCC(=O)N1CCC[C@H]1C(=O)N[C@H](CCCN=C(N)N)C(=O)O.O.O. The average molecular weight is 813 g/mol. The molecule has 0 aromatic heterocycles. The number of benzene rings is 2. The van der Waals surface area contributed by atoms with Crippen LogP contribution in [0.3, 0.4) is 0 Å². The van der Waals surface area contributed by atoms with Crippen molar-refractivity contribution in [3.05, 3.63) is 66.2 Å². The van der Waals surface area contributed by atoms with Crippen LogP contribution in [-0.4, -0.2) is 124 Å². The van der Waals surface area contributed by atoms with Gasteiger partial charge in [0.15, 0.2) is 5.96 Å². The van der Waals surface area contributed by atoms with Gasteiger partial charge in [0.05, 0.1) is 18.3 Å². The van der Waals surface area contributed by atoms with E-state index < -0.39 is 72.4 Å². The number of aliphatic carboxylic acids is 1. The van der Waals surface area contributed by atoms with Gasteiger partial charge in [-0.05, 0) is 55.7 Å². The number of carbonyl (C=O) groups excluding carboxylic acids is 5. The van der Waals surface area contributed by atoms with Crippen LogP contribution < -0.4 is 27.4 Å². The Morgan fingerprint density at radius 3 is 2.17 bits per heavy atom. The molecule has 5 atom stereocenters. The molecule has 2 aliphatic rings. The van der Waals surface area contributed by atoms with E-state index in [0.717, 1.165) is 5.56 Å². The Morgan fingerprint density at radius 1 is 0.897 bits per heavy atom. The Labute approximate surface area is 336 Å². The number of hydrogen-bond acceptors (Lipinski definition) is 10. The van der Waals surface area contributed by atoms with Crippen LogP contribution >= 0.6 is 0 Å². The highest BCUT2D eigenvalue weighted by atomic mass is 16.6. The highest BCUT2D eigenvalue weighted by molar-refractivity contribution is 5.95. The quantitative estimate of drug-likeness (QED) is 0.0513. The van der Waals surface area contributed by atoms with Crippen molar-refractivity contribution in [1.29, 1.82) is 0 Å². The Kier molecular flexibility index (Phi) is 19.7. The molecule has 2 saturated heterocycles. The Balaban J connectivity index is 0.00000580. The third-order valence-corrected chi connectivity index (χ3v) is 9.30. The number of amides is 5. The van der Waals surface area contributed by atoms with Crippen LogP contribution in [0.15, 0.2) is 75.9 Å². The van der Waals surface area contributed by atoms with Gasteiger partial charge in [-0.3, -0.25) is 29.1 Å². The van der Waals surface area contributed by atoms with E-state index in [1.165, 1.54) is 9.80 Å². The molecule has 4 rings (SSSR count). The van der Waals surface area contributed by atoms with Gasteiger partial charge < -0.3 is 53.1 Å². The van der Waals surface area contributed by atoms with E-state index in [1.807, 2.05) is 62.4 Å². The number of ether oxygens (including phenoxy) is 1. The molecule has 0 spiro atoms. The van der Waals surface area contributed by atoms with Crippen LogP contribution in [0.25, 0.3) is 0 Å². The second-order valence-corrected chi connectivity index (χ2v) is 14.2. The Hall–Kier alpha value is -6.15. The maximum Gasteiger partial charge on any atom is 0.410 e. The standard InChI is InChI=1S/C38H52N10O8.2H2O/c1-24(2)19-29(33(50)42-21-32(49)47-18-10-16-30(47)34(51)43-28(36(53)54)15-9-17-41-37(39)40)44-35(52)31-20-27(46-45-26-13-7-4-8-14-26)22-48(31)38(55)56-23-25-11-5-3-6-12-25;;/h3-8,11-14,24,27-31H,9-10,15-23H2,1-2H3,(H,42,50)(H,43,51)(H,44,52)(H,53,54)(H4,39,40,41);2*1H2/t27?,28-,29+,30+,31+;;/m1../s1. The summed E-state index contributed by atoms with van der Waals surface area (Å²) in [6, 6.07) is 13.4. The molecule has 318 valence electrons. The van der Waals surface area contributed by atoms with Gasteiger partial charge in [-0.2, -0.15) is 10.2 Å². The van der Waals surface area contributed by atoms with Crippen molar-refractivity contribution in [2.24, 2.45) is 32.6 Å². The molecule has 0 saturated carbocycles. The lowest BCUT2D eigenvalue weighted by atomic mass is 10.0. The molecule has 0 aliphatic carbocycles. The summed E-state index contributed by atoms with van der Waals surface area (Å²) in [4.78, 5) is 85.5. The molecular formula is C38H56N10O10. The van der Waals surface area contributed by atoms with Gasteiger partial charge in [0.2, 0.25) is 23.6 Å². The van der Waals surface area contributed by atoms with Crippen molar-refractivity contribution in [1.82, 2.24) is 25.8 Å². The van der Waals surface area contributed by atoms with E-state index in [1.54, 1.807) is 12.1 Å². The number of nitrogens with zero attached hydrogens (tertiary/aromatic N) is 5. The minimum atomic E-state index is -1.23. The molecule has 58 heavy (non-hydrogen) atoms. The molecule has 0 radical (unpaired) electrons. The summed E-state index contributed by atoms with van der Waals surface area (Å²) in [7, 11) is 0. The second-order valence-electron chi connectivity index (χ2n) is 14.2. The van der Waals surface area contributed by atoms with Crippen LogP contribution in [0, 0.1) is 5.92 Å². The number of hydrogen-bond donors (Lipinski definition) is 6. The van der Waals surface area contributed by atoms with Gasteiger partial charge in [0, 0.05) is 26.1 Å². The van der Waals surface area contributed by atoms with Crippen LogP contribution in [0.2, 0.25) is 0 Å². The highest BCUT2D eigenvalue weighted by Crippen LogP contribution is 2.25. The number of carboxylic acids is 1. The van der Waals surface area contributed by atoms with Crippen molar-refractivity contribution in [2.45, 2.75) is 89.2 Å². The first-order valence-corrected chi connectivity index (χ1v) is 18.7. The number of nitrogens with two attached hydrogens (primary N) is 2. The molecule has 2 aromatic carbocycles. The molecule has 2 aliphatic heterocycles. The minimum Gasteiger partial charge on any atom is -0.480 e. The molecular weight excluding hydrogens is 756 g/mol. The maximum absolute atomic E-state index is 13.9. The normalized spacial score (nSPS) is 18.3. The largest absolute Gasteiger partial charge is 0.480 e. The molecule has 1 unspecified atom stereocenters. The summed E-state index contributed by atoms with van der Waals surface area (Å²) in [6.45, 7) is 3.77. The highest BCUT2D eigenvalue weighted by Gasteiger charge is 2.42. The molecule has 2 heterocycles.